The highest BCUT2D eigenvalue weighted by Gasteiger charge is 2.27. The van der Waals surface area contributed by atoms with Crippen LogP contribution in [0.1, 0.15) is 13.3 Å². The lowest BCUT2D eigenvalue weighted by atomic mass is 10.1. The maximum Gasteiger partial charge on any atom is 0.304 e. The van der Waals surface area contributed by atoms with Crippen LogP contribution in [-0.2, 0) is 4.79 Å². The predicted octanol–water partition coefficient (Wildman–Crippen LogP) is 1.98. The van der Waals surface area contributed by atoms with Gasteiger partial charge in [-0.05, 0) is 19.1 Å². The Morgan fingerprint density at radius 2 is 2.28 bits per heavy atom. The molecule has 2 unspecified atom stereocenters. The van der Waals surface area contributed by atoms with E-state index in [4.69, 9.17) is 16.7 Å². The summed E-state index contributed by atoms with van der Waals surface area (Å²) in [5.41, 5.74) is 0.976. The molecule has 0 saturated carbocycles. The Bertz CT molecular complexity index is 439. The molecule has 98 valence electrons. The van der Waals surface area contributed by atoms with E-state index in [1.165, 1.54) is 0 Å². The Labute approximate surface area is 112 Å². The first kappa shape index (κ1) is 13.2. The normalized spacial score (nSPS) is 24.0. The van der Waals surface area contributed by atoms with Crippen molar-refractivity contribution in [1.29, 1.82) is 0 Å². The van der Waals surface area contributed by atoms with Crippen molar-refractivity contribution in [3.8, 4) is 0 Å². The van der Waals surface area contributed by atoms with Gasteiger partial charge in [-0.15, -0.1) is 0 Å². The van der Waals surface area contributed by atoms with Crippen LogP contribution in [0.5, 0.6) is 0 Å². The van der Waals surface area contributed by atoms with E-state index in [0.717, 1.165) is 12.2 Å². The number of benzene rings is 1. The Hall–Kier alpha value is -1.26. The fourth-order valence-electron chi connectivity index (χ4n) is 2.30. The second kappa shape index (κ2) is 5.59. The van der Waals surface area contributed by atoms with Crippen molar-refractivity contribution in [2.24, 2.45) is 0 Å². The lowest BCUT2D eigenvalue weighted by Crippen LogP contribution is -2.56. The maximum absolute atomic E-state index is 10.8. The van der Waals surface area contributed by atoms with Crippen LogP contribution in [0.25, 0.3) is 0 Å². The van der Waals surface area contributed by atoms with E-state index in [-0.39, 0.29) is 12.5 Å². The second-order valence-corrected chi connectivity index (χ2v) is 5.06. The topological polar surface area (TPSA) is 52.6 Å². The molecule has 0 radical (unpaired) electrons. The molecule has 1 heterocycles. The van der Waals surface area contributed by atoms with Crippen LogP contribution < -0.4 is 10.2 Å². The number of nitrogens with zero attached hydrogens (tertiary/aromatic N) is 1. The molecule has 5 heteroatoms. The summed E-state index contributed by atoms with van der Waals surface area (Å²) in [6.07, 6.45) is 0.133. The van der Waals surface area contributed by atoms with Gasteiger partial charge in [-0.1, -0.05) is 23.7 Å². The van der Waals surface area contributed by atoms with Gasteiger partial charge in [0.05, 0.1) is 17.1 Å². The summed E-state index contributed by atoms with van der Waals surface area (Å²) in [7, 11) is 0. The minimum absolute atomic E-state index is 0.0324. The van der Waals surface area contributed by atoms with Gasteiger partial charge in [-0.2, -0.15) is 0 Å². The molecule has 0 bridgehead atoms. The van der Waals surface area contributed by atoms with Crippen molar-refractivity contribution < 1.29 is 9.90 Å². The van der Waals surface area contributed by atoms with E-state index in [0.29, 0.717) is 17.6 Å². The first-order valence-electron chi connectivity index (χ1n) is 6.04. The number of carbonyl (C=O) groups is 1. The fourth-order valence-corrected chi connectivity index (χ4v) is 2.54. The molecule has 18 heavy (non-hydrogen) atoms. The lowest BCUT2D eigenvalue weighted by molar-refractivity contribution is -0.137. The highest BCUT2D eigenvalue weighted by Crippen LogP contribution is 2.28. The quantitative estimate of drug-likeness (QED) is 0.880. The molecule has 2 atom stereocenters. The van der Waals surface area contributed by atoms with Gasteiger partial charge in [0.1, 0.15) is 0 Å². The molecular weight excluding hydrogens is 252 g/mol. The number of carboxylic acid groups (broad SMARTS) is 1. The van der Waals surface area contributed by atoms with E-state index in [1.807, 2.05) is 24.3 Å². The van der Waals surface area contributed by atoms with E-state index >= 15 is 0 Å². The Morgan fingerprint density at radius 1 is 1.56 bits per heavy atom. The molecular formula is C13H17ClN2O2. The number of halogens is 1. The first-order valence-corrected chi connectivity index (χ1v) is 6.42. The van der Waals surface area contributed by atoms with Gasteiger partial charge in [-0.3, -0.25) is 4.79 Å². The van der Waals surface area contributed by atoms with Crippen LogP contribution in [0.2, 0.25) is 5.02 Å². The molecule has 0 aromatic heterocycles. The molecule has 1 fully saturated rings. The van der Waals surface area contributed by atoms with Crippen LogP contribution in [-0.4, -0.2) is 36.2 Å². The van der Waals surface area contributed by atoms with Gasteiger partial charge in [0.25, 0.3) is 0 Å². The number of hydrogen-bond donors (Lipinski definition) is 2. The van der Waals surface area contributed by atoms with Crippen molar-refractivity contribution >= 4 is 23.3 Å². The smallest absolute Gasteiger partial charge is 0.304 e. The summed E-state index contributed by atoms with van der Waals surface area (Å²) >= 11 is 6.20. The number of anilines is 1. The molecule has 1 aliphatic rings. The summed E-state index contributed by atoms with van der Waals surface area (Å²) in [4.78, 5) is 12.9. The van der Waals surface area contributed by atoms with Gasteiger partial charge in [-0.25, -0.2) is 0 Å². The molecule has 1 aromatic carbocycles. The number of para-hydroxylation sites is 1. The average Bonchev–Trinajstić information content (AvgIpc) is 2.32. The third-order valence-electron chi connectivity index (χ3n) is 3.23. The van der Waals surface area contributed by atoms with Crippen molar-refractivity contribution in [1.82, 2.24) is 5.32 Å². The molecule has 1 saturated heterocycles. The summed E-state index contributed by atoms with van der Waals surface area (Å²) in [5.74, 6) is -0.777. The Morgan fingerprint density at radius 3 is 2.94 bits per heavy atom. The zero-order valence-electron chi connectivity index (χ0n) is 10.3. The van der Waals surface area contributed by atoms with Crippen LogP contribution in [0, 0.1) is 0 Å². The summed E-state index contributed by atoms with van der Waals surface area (Å²) in [5, 5.41) is 12.8. The number of piperazine rings is 1. The minimum atomic E-state index is -0.777. The molecule has 1 aliphatic heterocycles. The SMILES string of the molecule is CC1CNC(CC(=O)O)CN1c1ccccc1Cl. The molecule has 2 rings (SSSR count). The summed E-state index contributed by atoms with van der Waals surface area (Å²) in [6, 6.07) is 7.94. The van der Waals surface area contributed by atoms with Crippen LogP contribution in [0.3, 0.4) is 0 Å². The first-order chi connectivity index (χ1) is 8.58. The molecule has 1 aromatic rings. The van der Waals surface area contributed by atoms with Crippen LogP contribution in [0.4, 0.5) is 5.69 Å². The standard InChI is InChI=1S/C13H17ClN2O2/c1-9-7-15-10(6-13(17)18)8-16(9)12-5-3-2-4-11(12)14/h2-5,9-10,15H,6-8H2,1H3,(H,17,18). The van der Waals surface area contributed by atoms with Gasteiger partial charge in [0.15, 0.2) is 0 Å². The van der Waals surface area contributed by atoms with Crippen molar-refractivity contribution in [2.45, 2.75) is 25.4 Å². The fraction of sp³-hybridized carbons (Fsp3) is 0.462. The van der Waals surface area contributed by atoms with Crippen LogP contribution >= 0.6 is 11.6 Å². The average molecular weight is 269 g/mol. The highest BCUT2D eigenvalue weighted by molar-refractivity contribution is 6.33. The largest absolute Gasteiger partial charge is 0.481 e. The van der Waals surface area contributed by atoms with E-state index in [2.05, 4.69) is 17.1 Å². The Kier molecular flexibility index (Phi) is 4.09. The number of rotatable bonds is 3. The zero-order valence-corrected chi connectivity index (χ0v) is 11.0. The monoisotopic (exact) mass is 268 g/mol. The molecule has 0 aliphatic carbocycles. The minimum Gasteiger partial charge on any atom is -0.481 e. The maximum atomic E-state index is 10.8. The third kappa shape index (κ3) is 2.94. The van der Waals surface area contributed by atoms with Crippen molar-refractivity contribution in [3.63, 3.8) is 0 Å². The number of hydrogen-bond acceptors (Lipinski definition) is 3. The Balaban J connectivity index is 2.15. The second-order valence-electron chi connectivity index (χ2n) is 4.66. The highest BCUT2D eigenvalue weighted by atomic mass is 35.5. The van der Waals surface area contributed by atoms with Gasteiger partial charge < -0.3 is 15.3 Å². The number of aliphatic carboxylic acids is 1. The third-order valence-corrected chi connectivity index (χ3v) is 3.55. The molecule has 0 amide bonds. The van der Waals surface area contributed by atoms with Gasteiger partial charge in [0.2, 0.25) is 0 Å². The molecule has 4 nitrogen and oxygen atoms in total. The van der Waals surface area contributed by atoms with Gasteiger partial charge in [0, 0.05) is 25.2 Å². The van der Waals surface area contributed by atoms with Crippen molar-refractivity contribution in [3.05, 3.63) is 29.3 Å². The predicted molar refractivity (Wildman–Crippen MR) is 72.3 cm³/mol. The zero-order chi connectivity index (χ0) is 13.1. The van der Waals surface area contributed by atoms with E-state index in [1.54, 1.807) is 0 Å². The summed E-state index contributed by atoms with van der Waals surface area (Å²) in [6.45, 7) is 3.54. The molecule has 0 spiro atoms. The summed E-state index contributed by atoms with van der Waals surface area (Å²) < 4.78 is 0. The number of carboxylic acids is 1. The number of nitrogens with one attached hydrogen (secondary N) is 1. The van der Waals surface area contributed by atoms with Crippen LogP contribution in [0.15, 0.2) is 24.3 Å². The van der Waals surface area contributed by atoms with Crippen molar-refractivity contribution in [2.75, 3.05) is 18.0 Å². The lowest BCUT2D eigenvalue weighted by Gasteiger charge is -2.40. The molecule has 2 N–H and O–H groups in total. The van der Waals surface area contributed by atoms with E-state index < -0.39 is 5.97 Å². The van der Waals surface area contributed by atoms with E-state index in [9.17, 15) is 4.79 Å². The van der Waals surface area contributed by atoms with Gasteiger partial charge >= 0.3 is 5.97 Å².